The van der Waals surface area contributed by atoms with Gasteiger partial charge in [-0.2, -0.15) is 5.26 Å². The molecular formula is C30H35N3O5. The molecule has 2 aromatic carbocycles. The topological polar surface area (TPSA) is 95.3 Å². The van der Waals surface area contributed by atoms with Crippen LogP contribution in [-0.2, 0) is 0 Å². The van der Waals surface area contributed by atoms with Crippen molar-refractivity contribution in [1.82, 2.24) is 9.80 Å². The fraction of sp³-hybridized carbons (Fsp3) is 0.467. The number of nitriles is 1. The Kier molecular flexibility index (Phi) is 8.99. The highest BCUT2D eigenvalue weighted by Crippen LogP contribution is 2.37. The van der Waals surface area contributed by atoms with Gasteiger partial charge in [-0.05, 0) is 69.0 Å². The monoisotopic (exact) mass is 517 g/mol. The first-order chi connectivity index (χ1) is 18.5. The lowest BCUT2D eigenvalue weighted by molar-refractivity contribution is 0.0204. The first kappa shape index (κ1) is 27.2. The van der Waals surface area contributed by atoms with E-state index >= 15 is 0 Å². The van der Waals surface area contributed by atoms with Crippen molar-refractivity contribution in [2.45, 2.75) is 63.3 Å². The van der Waals surface area contributed by atoms with Crippen molar-refractivity contribution in [3.63, 3.8) is 0 Å². The Morgan fingerprint density at radius 1 is 1.13 bits per heavy atom. The molecule has 2 aliphatic heterocycles. The summed E-state index contributed by atoms with van der Waals surface area (Å²) in [5.41, 5.74) is 1.60. The van der Waals surface area contributed by atoms with E-state index < -0.39 is 6.09 Å². The molecule has 4 unspecified atom stereocenters. The van der Waals surface area contributed by atoms with Crippen LogP contribution in [0.5, 0.6) is 17.2 Å². The number of hydrogen-bond donors (Lipinski definition) is 1. The summed E-state index contributed by atoms with van der Waals surface area (Å²) in [6, 6.07) is 15.5. The molecule has 2 aromatic rings. The van der Waals surface area contributed by atoms with Crippen LogP contribution in [0.2, 0.25) is 0 Å². The highest BCUT2D eigenvalue weighted by molar-refractivity contribution is 5.66. The van der Waals surface area contributed by atoms with Crippen LogP contribution in [0.15, 0.2) is 42.5 Å². The molecule has 0 aromatic heterocycles. The van der Waals surface area contributed by atoms with Gasteiger partial charge >= 0.3 is 6.09 Å². The third kappa shape index (κ3) is 5.98. The van der Waals surface area contributed by atoms with E-state index in [1.54, 1.807) is 26.0 Å². The fourth-order valence-electron chi connectivity index (χ4n) is 5.75. The maximum absolute atomic E-state index is 11.9. The van der Waals surface area contributed by atoms with Crippen molar-refractivity contribution in [3.05, 3.63) is 53.6 Å². The van der Waals surface area contributed by atoms with Gasteiger partial charge in [0.2, 0.25) is 0 Å². The summed E-state index contributed by atoms with van der Waals surface area (Å²) >= 11 is 0. The van der Waals surface area contributed by atoms with Crippen LogP contribution < -0.4 is 14.2 Å². The third-order valence-electron chi connectivity index (χ3n) is 7.60. The molecule has 200 valence electrons. The summed E-state index contributed by atoms with van der Waals surface area (Å²) in [5, 5.41) is 19.0. The summed E-state index contributed by atoms with van der Waals surface area (Å²) in [7, 11) is 3.19. The molecular weight excluding hydrogens is 482 g/mol. The summed E-state index contributed by atoms with van der Waals surface area (Å²) in [4.78, 5) is 16.0. The van der Waals surface area contributed by atoms with Crippen LogP contribution in [0.25, 0.3) is 0 Å². The fourth-order valence-corrected chi connectivity index (χ4v) is 5.75. The van der Waals surface area contributed by atoms with Crippen LogP contribution in [0.3, 0.4) is 0 Å². The number of carbonyl (C=O) groups is 1. The van der Waals surface area contributed by atoms with E-state index in [2.05, 4.69) is 22.8 Å². The Morgan fingerprint density at radius 2 is 1.89 bits per heavy atom. The van der Waals surface area contributed by atoms with Gasteiger partial charge in [0.25, 0.3) is 0 Å². The second-order valence-electron chi connectivity index (χ2n) is 9.67. The largest absolute Gasteiger partial charge is 0.493 e. The predicted octanol–water partition coefficient (Wildman–Crippen LogP) is 5.08. The smallest absolute Gasteiger partial charge is 0.407 e. The number of rotatable bonds is 10. The Morgan fingerprint density at radius 3 is 2.55 bits per heavy atom. The van der Waals surface area contributed by atoms with Gasteiger partial charge < -0.3 is 24.2 Å². The van der Waals surface area contributed by atoms with Crippen molar-refractivity contribution in [3.8, 4) is 35.2 Å². The number of benzene rings is 2. The molecule has 0 saturated carbocycles. The summed E-state index contributed by atoms with van der Waals surface area (Å²) < 4.78 is 17.3. The number of nitrogens with zero attached hydrogens (tertiary/aromatic N) is 3. The number of hydrogen-bond acceptors (Lipinski definition) is 6. The number of methoxy groups -OCH3 is 2. The number of fused-ring (bicyclic) bond motifs is 2. The third-order valence-corrected chi connectivity index (χ3v) is 7.60. The zero-order chi connectivity index (χ0) is 27.1. The van der Waals surface area contributed by atoms with Crippen molar-refractivity contribution in [1.29, 1.82) is 5.26 Å². The number of carboxylic acid groups (broad SMARTS) is 1. The normalized spacial score (nSPS) is 21.1. The zero-order valence-electron chi connectivity index (χ0n) is 22.2. The van der Waals surface area contributed by atoms with Crippen LogP contribution in [0.1, 0.15) is 56.3 Å². The van der Waals surface area contributed by atoms with Crippen LogP contribution in [-0.4, -0.2) is 66.4 Å². The standard InChI is InChI=1S/C30H35N3O5/c1-4-5-7-25-26-15-13-23(20-33(25)30(34)35)32(26)17-6-8-27(22-11-9-21(19-31)10-12-22)38-24-14-16-28(36-2)29(18-24)37-3/h9-12,14,16,18,23,25-27H,6-8,13,15,17,20H2,1-3H3,(H,34,35). The quantitative estimate of drug-likeness (QED) is 0.439. The number of ether oxygens (including phenoxy) is 3. The van der Waals surface area contributed by atoms with Crippen LogP contribution >= 0.6 is 0 Å². The Labute approximate surface area is 224 Å². The lowest BCUT2D eigenvalue weighted by atomic mass is 9.98. The van der Waals surface area contributed by atoms with E-state index in [0.29, 0.717) is 35.8 Å². The Hall–Kier alpha value is -3.88. The first-order valence-electron chi connectivity index (χ1n) is 13.0. The molecule has 0 spiro atoms. The van der Waals surface area contributed by atoms with Gasteiger partial charge in [-0.15, -0.1) is 11.8 Å². The van der Waals surface area contributed by atoms with Gasteiger partial charge in [0, 0.05) is 31.1 Å². The molecule has 2 saturated heterocycles. The van der Waals surface area contributed by atoms with Gasteiger partial charge in [0.05, 0.1) is 31.9 Å². The molecule has 2 heterocycles. The minimum Gasteiger partial charge on any atom is -0.493 e. The molecule has 8 heteroatoms. The molecule has 4 rings (SSSR count). The lowest BCUT2D eigenvalue weighted by Gasteiger charge is -2.45. The second-order valence-corrected chi connectivity index (χ2v) is 9.67. The Balaban J connectivity index is 1.48. The highest BCUT2D eigenvalue weighted by atomic mass is 16.5. The minimum absolute atomic E-state index is 0.101. The molecule has 0 radical (unpaired) electrons. The van der Waals surface area contributed by atoms with E-state index in [0.717, 1.165) is 37.8 Å². The van der Waals surface area contributed by atoms with E-state index in [-0.39, 0.29) is 24.2 Å². The zero-order valence-corrected chi connectivity index (χ0v) is 22.2. The van der Waals surface area contributed by atoms with E-state index in [9.17, 15) is 15.2 Å². The molecule has 8 nitrogen and oxygen atoms in total. The van der Waals surface area contributed by atoms with Gasteiger partial charge in [-0.25, -0.2) is 4.79 Å². The molecule has 2 aliphatic rings. The van der Waals surface area contributed by atoms with Crippen molar-refractivity contribution in [2.24, 2.45) is 0 Å². The highest BCUT2D eigenvalue weighted by Gasteiger charge is 2.47. The van der Waals surface area contributed by atoms with Gasteiger partial charge in [-0.1, -0.05) is 12.1 Å². The van der Waals surface area contributed by atoms with Crippen molar-refractivity contribution < 1.29 is 24.1 Å². The number of piperazine rings is 1. The van der Waals surface area contributed by atoms with Gasteiger partial charge in [-0.3, -0.25) is 4.90 Å². The molecule has 2 bridgehead atoms. The number of amides is 1. The molecule has 4 atom stereocenters. The molecule has 38 heavy (non-hydrogen) atoms. The molecule has 2 fully saturated rings. The summed E-state index contributed by atoms with van der Waals surface area (Å²) in [6.45, 7) is 3.19. The van der Waals surface area contributed by atoms with Crippen molar-refractivity contribution >= 4 is 6.09 Å². The molecule has 1 N–H and O–H groups in total. The minimum atomic E-state index is -0.853. The van der Waals surface area contributed by atoms with Crippen LogP contribution in [0, 0.1) is 23.2 Å². The summed E-state index contributed by atoms with van der Waals surface area (Å²) in [6.07, 6.45) is 3.13. The average molecular weight is 518 g/mol. The van der Waals surface area contributed by atoms with E-state index in [1.807, 2.05) is 42.5 Å². The number of likely N-dealkylation sites (tertiary alicyclic amines) is 1. The maximum atomic E-state index is 11.9. The maximum Gasteiger partial charge on any atom is 0.407 e. The Bertz CT molecular complexity index is 1210. The average Bonchev–Trinajstić information content (AvgIpc) is 3.23. The van der Waals surface area contributed by atoms with Crippen molar-refractivity contribution in [2.75, 3.05) is 27.3 Å². The van der Waals surface area contributed by atoms with E-state index in [1.165, 1.54) is 0 Å². The second kappa shape index (κ2) is 12.6. The molecule has 1 amide bonds. The van der Waals surface area contributed by atoms with Gasteiger partial charge in [0.1, 0.15) is 11.9 Å². The van der Waals surface area contributed by atoms with Gasteiger partial charge in [0.15, 0.2) is 11.5 Å². The van der Waals surface area contributed by atoms with Crippen LogP contribution in [0.4, 0.5) is 4.79 Å². The first-order valence-corrected chi connectivity index (χ1v) is 13.0. The van der Waals surface area contributed by atoms with E-state index in [4.69, 9.17) is 14.2 Å². The molecule has 0 aliphatic carbocycles. The lowest BCUT2D eigenvalue weighted by Crippen LogP contribution is -2.60. The SMILES string of the molecule is CC#CCC1C2CCC(CN1C(=O)O)N2CCCC(Oc1ccc(OC)c(OC)c1)c1ccc(C#N)cc1. The summed E-state index contributed by atoms with van der Waals surface area (Å²) in [5.74, 6) is 7.94. The predicted molar refractivity (Wildman–Crippen MR) is 143 cm³/mol.